The number of amides is 1. The second-order valence-corrected chi connectivity index (χ2v) is 6.74. The third-order valence-electron chi connectivity index (χ3n) is 5.01. The van der Waals surface area contributed by atoms with Gasteiger partial charge in [0.2, 0.25) is 5.91 Å². The summed E-state index contributed by atoms with van der Waals surface area (Å²) in [6, 6.07) is 9.33. The van der Waals surface area contributed by atoms with Gasteiger partial charge in [-0.15, -0.1) is 0 Å². The van der Waals surface area contributed by atoms with Crippen LogP contribution in [0.25, 0.3) is 0 Å². The summed E-state index contributed by atoms with van der Waals surface area (Å²) in [6.45, 7) is 7.43. The molecule has 3 rings (SSSR count). The van der Waals surface area contributed by atoms with Crippen LogP contribution in [0.5, 0.6) is 11.5 Å². The Hall–Kier alpha value is -2.80. The first-order chi connectivity index (χ1) is 13.6. The van der Waals surface area contributed by atoms with E-state index in [1.807, 2.05) is 30.5 Å². The minimum atomic E-state index is -0.121. The minimum Gasteiger partial charge on any atom is -0.493 e. The molecular weight excluding hydrogens is 356 g/mol. The third-order valence-corrected chi connectivity index (χ3v) is 5.01. The quantitative estimate of drug-likeness (QED) is 0.791. The van der Waals surface area contributed by atoms with E-state index in [9.17, 15) is 4.79 Å². The first-order valence-electron chi connectivity index (χ1n) is 9.57. The van der Waals surface area contributed by atoms with Crippen LogP contribution < -0.4 is 19.7 Å². The molecular formula is C21H28N4O3. The lowest BCUT2D eigenvalue weighted by atomic mass is 10.1. The molecule has 7 heteroatoms. The topological polar surface area (TPSA) is 66.9 Å². The fraction of sp³-hybridized carbons (Fsp3) is 0.429. The minimum absolute atomic E-state index is 0.121. The highest BCUT2D eigenvalue weighted by Gasteiger charge is 2.16. The smallest absolute Gasteiger partial charge is 0.229 e. The van der Waals surface area contributed by atoms with Gasteiger partial charge in [-0.3, -0.25) is 4.79 Å². The number of benzene rings is 1. The van der Waals surface area contributed by atoms with E-state index >= 15 is 0 Å². The van der Waals surface area contributed by atoms with Gasteiger partial charge in [0.1, 0.15) is 5.82 Å². The highest BCUT2D eigenvalue weighted by molar-refractivity contribution is 5.91. The van der Waals surface area contributed by atoms with Gasteiger partial charge in [0, 0.05) is 26.2 Å². The molecule has 2 heterocycles. The lowest BCUT2D eigenvalue weighted by molar-refractivity contribution is -0.115. The molecule has 1 amide bonds. The summed E-state index contributed by atoms with van der Waals surface area (Å²) in [5.74, 6) is 1.69. The van der Waals surface area contributed by atoms with Crippen LogP contribution in [-0.2, 0) is 11.2 Å². The summed E-state index contributed by atoms with van der Waals surface area (Å²) < 4.78 is 10.5. The highest BCUT2D eigenvalue weighted by atomic mass is 16.5. The maximum atomic E-state index is 12.4. The zero-order chi connectivity index (χ0) is 19.9. The highest BCUT2D eigenvalue weighted by Crippen LogP contribution is 2.27. The Labute approximate surface area is 166 Å². The standard InChI is InChI=1S/C21H28N4O3/c1-4-24-9-11-25(12-10-24)17-6-8-20(22-15-17)23-21(26)14-16-5-7-18(27-2)19(13-16)28-3/h5-8,13,15H,4,9-12,14H2,1-3H3,(H,22,23,26). The van der Waals surface area contributed by atoms with Crippen LogP contribution in [0.2, 0.25) is 0 Å². The van der Waals surface area contributed by atoms with E-state index in [-0.39, 0.29) is 12.3 Å². The van der Waals surface area contributed by atoms with Gasteiger partial charge in [-0.2, -0.15) is 0 Å². The summed E-state index contributed by atoms with van der Waals surface area (Å²) in [4.78, 5) is 21.5. The largest absolute Gasteiger partial charge is 0.493 e. The first-order valence-corrected chi connectivity index (χ1v) is 9.57. The number of nitrogens with zero attached hydrogens (tertiary/aromatic N) is 3. The molecule has 1 fully saturated rings. The number of pyridine rings is 1. The summed E-state index contributed by atoms with van der Waals surface area (Å²) in [5, 5.41) is 2.85. The van der Waals surface area contributed by atoms with Crippen LogP contribution in [0, 0.1) is 0 Å². The van der Waals surface area contributed by atoms with Gasteiger partial charge in [-0.1, -0.05) is 13.0 Å². The normalized spacial score (nSPS) is 14.6. The van der Waals surface area contributed by atoms with Crippen LogP contribution in [0.15, 0.2) is 36.5 Å². The SMILES string of the molecule is CCN1CCN(c2ccc(NC(=O)Cc3ccc(OC)c(OC)c3)nc2)CC1. The molecule has 0 spiro atoms. The average Bonchev–Trinajstić information content (AvgIpc) is 2.74. The lowest BCUT2D eigenvalue weighted by Crippen LogP contribution is -2.46. The molecule has 1 aromatic carbocycles. The van der Waals surface area contributed by atoms with Crippen molar-refractivity contribution in [2.24, 2.45) is 0 Å². The number of piperazine rings is 1. The number of ether oxygens (including phenoxy) is 2. The fourth-order valence-electron chi connectivity index (χ4n) is 3.33. The van der Waals surface area contributed by atoms with Gasteiger partial charge < -0.3 is 24.6 Å². The average molecular weight is 384 g/mol. The van der Waals surface area contributed by atoms with Gasteiger partial charge >= 0.3 is 0 Å². The van der Waals surface area contributed by atoms with Crippen LogP contribution in [-0.4, -0.2) is 62.7 Å². The predicted molar refractivity (Wildman–Crippen MR) is 110 cm³/mol. The van der Waals surface area contributed by atoms with Crippen molar-refractivity contribution in [3.8, 4) is 11.5 Å². The number of hydrogen-bond donors (Lipinski definition) is 1. The van der Waals surface area contributed by atoms with Crippen LogP contribution in [0.4, 0.5) is 11.5 Å². The molecule has 28 heavy (non-hydrogen) atoms. The number of rotatable bonds is 7. The van der Waals surface area contributed by atoms with Gasteiger partial charge in [0.25, 0.3) is 0 Å². The molecule has 1 N–H and O–H groups in total. The zero-order valence-corrected chi connectivity index (χ0v) is 16.8. The van der Waals surface area contributed by atoms with Gasteiger partial charge in [0.05, 0.1) is 32.5 Å². The van der Waals surface area contributed by atoms with Crippen molar-refractivity contribution >= 4 is 17.4 Å². The van der Waals surface area contributed by atoms with E-state index in [2.05, 4.69) is 27.0 Å². The van der Waals surface area contributed by atoms with Gasteiger partial charge in [0.15, 0.2) is 11.5 Å². The van der Waals surface area contributed by atoms with E-state index in [1.54, 1.807) is 20.3 Å². The molecule has 1 aliphatic heterocycles. The zero-order valence-electron chi connectivity index (χ0n) is 16.8. The van der Waals surface area contributed by atoms with Crippen LogP contribution in [0.3, 0.4) is 0 Å². The molecule has 7 nitrogen and oxygen atoms in total. The van der Waals surface area contributed by atoms with E-state index in [1.165, 1.54) is 0 Å². The third kappa shape index (κ3) is 4.92. The van der Waals surface area contributed by atoms with Crippen LogP contribution >= 0.6 is 0 Å². The van der Waals surface area contributed by atoms with Crippen molar-refractivity contribution in [1.82, 2.24) is 9.88 Å². The lowest BCUT2D eigenvalue weighted by Gasteiger charge is -2.35. The second-order valence-electron chi connectivity index (χ2n) is 6.74. The Morgan fingerprint density at radius 2 is 1.82 bits per heavy atom. The van der Waals surface area contributed by atoms with Crippen molar-refractivity contribution in [1.29, 1.82) is 0 Å². The Balaban J connectivity index is 1.56. The molecule has 150 valence electrons. The molecule has 1 aliphatic rings. The van der Waals surface area contributed by atoms with Gasteiger partial charge in [-0.05, 0) is 36.4 Å². The van der Waals surface area contributed by atoms with Crippen molar-refractivity contribution in [3.05, 3.63) is 42.1 Å². The molecule has 0 radical (unpaired) electrons. The molecule has 0 atom stereocenters. The number of carbonyl (C=O) groups is 1. The molecule has 2 aromatic rings. The predicted octanol–water partition coefficient (Wildman–Crippen LogP) is 2.42. The van der Waals surface area contributed by atoms with E-state index in [0.717, 1.165) is 44.0 Å². The van der Waals surface area contributed by atoms with Crippen LogP contribution in [0.1, 0.15) is 12.5 Å². The summed E-state index contributed by atoms with van der Waals surface area (Å²) in [5.41, 5.74) is 1.94. The Bertz CT molecular complexity index is 787. The van der Waals surface area contributed by atoms with E-state index < -0.39 is 0 Å². The Morgan fingerprint density at radius 3 is 2.43 bits per heavy atom. The Kier molecular flexibility index (Phi) is 6.71. The molecule has 0 aliphatic carbocycles. The number of carbonyl (C=O) groups excluding carboxylic acids is 1. The maximum Gasteiger partial charge on any atom is 0.229 e. The number of likely N-dealkylation sites (N-methyl/N-ethyl adjacent to an activating group) is 1. The second kappa shape index (κ2) is 9.41. The van der Waals surface area contributed by atoms with Crippen molar-refractivity contribution in [3.63, 3.8) is 0 Å². The molecule has 1 saturated heterocycles. The number of hydrogen-bond acceptors (Lipinski definition) is 6. The summed E-state index contributed by atoms with van der Waals surface area (Å²) in [7, 11) is 3.17. The number of aromatic nitrogens is 1. The summed E-state index contributed by atoms with van der Waals surface area (Å²) in [6.07, 6.45) is 2.07. The molecule has 0 saturated carbocycles. The molecule has 1 aromatic heterocycles. The Morgan fingerprint density at radius 1 is 1.07 bits per heavy atom. The number of nitrogens with one attached hydrogen (secondary N) is 1. The van der Waals surface area contributed by atoms with Crippen molar-refractivity contribution in [2.75, 3.05) is 57.2 Å². The first kappa shape index (κ1) is 19.9. The fourth-order valence-corrected chi connectivity index (χ4v) is 3.33. The summed E-state index contributed by atoms with van der Waals surface area (Å²) >= 11 is 0. The van der Waals surface area contributed by atoms with E-state index in [4.69, 9.17) is 9.47 Å². The van der Waals surface area contributed by atoms with Crippen molar-refractivity contribution < 1.29 is 14.3 Å². The van der Waals surface area contributed by atoms with Crippen molar-refractivity contribution in [2.45, 2.75) is 13.3 Å². The van der Waals surface area contributed by atoms with Gasteiger partial charge in [-0.25, -0.2) is 4.98 Å². The monoisotopic (exact) mass is 384 g/mol. The number of anilines is 2. The molecule has 0 bridgehead atoms. The maximum absolute atomic E-state index is 12.4. The molecule has 0 unspecified atom stereocenters. The van der Waals surface area contributed by atoms with E-state index in [0.29, 0.717) is 17.3 Å². The number of methoxy groups -OCH3 is 2.